The molecule has 1 aromatic rings. The van der Waals surface area contributed by atoms with Gasteiger partial charge in [0.1, 0.15) is 0 Å². The van der Waals surface area contributed by atoms with E-state index < -0.39 is 0 Å². The Bertz CT molecular complexity index is 231. The van der Waals surface area contributed by atoms with Crippen molar-refractivity contribution in [2.75, 3.05) is 11.6 Å². The zero-order chi connectivity index (χ0) is 8.65. The Balaban J connectivity index is 2.29. The van der Waals surface area contributed by atoms with E-state index in [4.69, 9.17) is 11.6 Å². The van der Waals surface area contributed by atoms with Crippen LogP contribution in [0.3, 0.4) is 0 Å². The van der Waals surface area contributed by atoms with E-state index in [9.17, 15) is 0 Å². The highest BCUT2D eigenvalue weighted by atomic mass is 35.5. The van der Waals surface area contributed by atoms with Gasteiger partial charge in [-0.2, -0.15) is 0 Å². The van der Waals surface area contributed by atoms with Crippen molar-refractivity contribution in [3.05, 3.63) is 42.5 Å². The summed E-state index contributed by atoms with van der Waals surface area (Å²) in [5, 5.41) is 0. The van der Waals surface area contributed by atoms with Crippen LogP contribution < -0.4 is 0 Å². The van der Waals surface area contributed by atoms with Crippen LogP contribution in [0.4, 0.5) is 0 Å². The van der Waals surface area contributed by atoms with Crippen LogP contribution in [0.5, 0.6) is 0 Å². The number of benzene rings is 1. The molecular formula is C10H11ClS. The monoisotopic (exact) mass is 198 g/mol. The van der Waals surface area contributed by atoms with Crippen molar-refractivity contribution < 1.29 is 0 Å². The lowest BCUT2D eigenvalue weighted by Crippen LogP contribution is -1.72. The van der Waals surface area contributed by atoms with Gasteiger partial charge in [0.25, 0.3) is 0 Å². The largest absolute Gasteiger partial charge is 0.122 e. The predicted octanol–water partition coefficient (Wildman–Crippen LogP) is 3.57. The number of halogens is 1. The number of hydrogen-bond donors (Lipinski definition) is 0. The lowest BCUT2D eigenvalue weighted by Gasteiger charge is -1.95. The predicted molar refractivity (Wildman–Crippen MR) is 57.0 cm³/mol. The van der Waals surface area contributed by atoms with Crippen molar-refractivity contribution in [2.45, 2.75) is 4.90 Å². The minimum Gasteiger partial charge on any atom is -0.122 e. The molecule has 2 heteroatoms. The van der Waals surface area contributed by atoms with Gasteiger partial charge in [-0.25, -0.2) is 0 Å². The smallest absolute Gasteiger partial charge is 0.0404 e. The maximum atomic E-state index is 5.49. The van der Waals surface area contributed by atoms with E-state index in [1.807, 2.05) is 36.0 Å². The van der Waals surface area contributed by atoms with Crippen molar-refractivity contribution in [3.8, 4) is 0 Å². The Kier molecular flexibility index (Phi) is 4.97. The maximum Gasteiger partial charge on any atom is 0.0404 e. The van der Waals surface area contributed by atoms with Crippen LogP contribution in [-0.4, -0.2) is 11.6 Å². The molecule has 0 aliphatic heterocycles. The van der Waals surface area contributed by atoms with Gasteiger partial charge >= 0.3 is 0 Å². The summed E-state index contributed by atoms with van der Waals surface area (Å²) in [6.07, 6.45) is 4.06. The van der Waals surface area contributed by atoms with Crippen LogP contribution in [0.2, 0.25) is 0 Å². The standard InChI is InChI=1S/C10H11ClS/c11-8-4-5-9-12-10-6-2-1-3-7-10/h1-7H,8-9H2. The van der Waals surface area contributed by atoms with E-state index in [0.29, 0.717) is 5.88 Å². The van der Waals surface area contributed by atoms with Crippen molar-refractivity contribution in [3.63, 3.8) is 0 Å². The molecule has 0 saturated carbocycles. The minimum absolute atomic E-state index is 0.606. The van der Waals surface area contributed by atoms with Gasteiger partial charge in [-0.15, -0.1) is 23.4 Å². The summed E-state index contributed by atoms with van der Waals surface area (Å²) in [6, 6.07) is 10.3. The summed E-state index contributed by atoms with van der Waals surface area (Å²) in [6.45, 7) is 0. The van der Waals surface area contributed by atoms with Crippen LogP contribution in [0.25, 0.3) is 0 Å². The summed E-state index contributed by atoms with van der Waals surface area (Å²) in [7, 11) is 0. The Morgan fingerprint density at radius 3 is 2.58 bits per heavy atom. The molecule has 0 heterocycles. The summed E-state index contributed by atoms with van der Waals surface area (Å²) >= 11 is 7.30. The summed E-state index contributed by atoms with van der Waals surface area (Å²) in [5.41, 5.74) is 0. The van der Waals surface area contributed by atoms with Gasteiger partial charge in [-0.3, -0.25) is 0 Å². The average Bonchev–Trinajstić information content (AvgIpc) is 2.14. The second-order valence-corrected chi connectivity index (χ2v) is 3.65. The molecule has 0 amide bonds. The molecule has 1 aromatic carbocycles. The van der Waals surface area contributed by atoms with Gasteiger partial charge in [-0.05, 0) is 12.1 Å². The number of rotatable bonds is 4. The Hall–Kier alpha value is -0.400. The Morgan fingerprint density at radius 1 is 1.17 bits per heavy atom. The van der Waals surface area contributed by atoms with Crippen molar-refractivity contribution in [1.29, 1.82) is 0 Å². The Labute approximate surface area is 82.6 Å². The van der Waals surface area contributed by atoms with Crippen molar-refractivity contribution in [2.24, 2.45) is 0 Å². The first kappa shape index (κ1) is 9.69. The molecule has 12 heavy (non-hydrogen) atoms. The summed E-state index contributed by atoms with van der Waals surface area (Å²) in [4.78, 5) is 1.30. The highest BCUT2D eigenvalue weighted by Gasteiger charge is 1.87. The van der Waals surface area contributed by atoms with E-state index in [1.165, 1.54) is 4.90 Å². The van der Waals surface area contributed by atoms with Crippen LogP contribution >= 0.6 is 23.4 Å². The minimum atomic E-state index is 0.606. The molecule has 0 atom stereocenters. The average molecular weight is 199 g/mol. The fraction of sp³-hybridized carbons (Fsp3) is 0.200. The highest BCUT2D eigenvalue weighted by Crippen LogP contribution is 2.16. The first-order valence-corrected chi connectivity index (χ1v) is 5.34. The molecular weight excluding hydrogens is 188 g/mol. The third-order valence-corrected chi connectivity index (χ3v) is 2.49. The van der Waals surface area contributed by atoms with Crippen LogP contribution in [0, 0.1) is 0 Å². The highest BCUT2D eigenvalue weighted by molar-refractivity contribution is 7.99. The molecule has 0 bridgehead atoms. The first-order chi connectivity index (χ1) is 5.93. The normalized spacial score (nSPS) is 10.8. The van der Waals surface area contributed by atoms with Crippen molar-refractivity contribution in [1.82, 2.24) is 0 Å². The van der Waals surface area contributed by atoms with Gasteiger partial charge in [-0.1, -0.05) is 30.4 Å². The lowest BCUT2D eigenvalue weighted by molar-refractivity contribution is 1.46. The van der Waals surface area contributed by atoms with E-state index in [1.54, 1.807) is 0 Å². The zero-order valence-electron chi connectivity index (χ0n) is 6.74. The quantitative estimate of drug-likeness (QED) is 0.405. The van der Waals surface area contributed by atoms with E-state index in [-0.39, 0.29) is 0 Å². The fourth-order valence-electron chi connectivity index (χ4n) is 0.792. The second kappa shape index (κ2) is 6.15. The van der Waals surface area contributed by atoms with Gasteiger partial charge in [0, 0.05) is 16.5 Å². The molecule has 64 valence electrons. The summed E-state index contributed by atoms with van der Waals surface area (Å²) in [5.74, 6) is 1.60. The number of thioether (sulfide) groups is 1. The SMILES string of the molecule is ClCC=CCSc1ccccc1. The van der Waals surface area contributed by atoms with E-state index >= 15 is 0 Å². The molecule has 0 saturated heterocycles. The third kappa shape index (κ3) is 3.84. The molecule has 0 unspecified atom stereocenters. The van der Waals surface area contributed by atoms with Gasteiger partial charge in [0.05, 0.1) is 0 Å². The topological polar surface area (TPSA) is 0 Å². The molecule has 0 radical (unpaired) electrons. The molecule has 0 aliphatic carbocycles. The molecule has 0 aliphatic rings. The third-order valence-electron chi connectivity index (χ3n) is 1.35. The molecule has 0 N–H and O–H groups in total. The van der Waals surface area contributed by atoms with E-state index in [0.717, 1.165) is 5.75 Å². The van der Waals surface area contributed by atoms with Gasteiger partial charge in [0.15, 0.2) is 0 Å². The maximum absolute atomic E-state index is 5.49. The van der Waals surface area contributed by atoms with Crippen molar-refractivity contribution >= 4 is 23.4 Å². The molecule has 1 rings (SSSR count). The molecule has 0 aromatic heterocycles. The number of allylic oxidation sites excluding steroid dienone is 1. The zero-order valence-corrected chi connectivity index (χ0v) is 8.31. The van der Waals surface area contributed by atoms with E-state index in [2.05, 4.69) is 18.2 Å². The molecule has 0 nitrogen and oxygen atoms in total. The van der Waals surface area contributed by atoms with Gasteiger partial charge in [0.2, 0.25) is 0 Å². The molecule has 0 fully saturated rings. The van der Waals surface area contributed by atoms with Crippen LogP contribution in [0.15, 0.2) is 47.4 Å². The lowest BCUT2D eigenvalue weighted by atomic mass is 10.4. The van der Waals surface area contributed by atoms with Crippen LogP contribution in [-0.2, 0) is 0 Å². The second-order valence-electron chi connectivity index (χ2n) is 2.25. The molecule has 0 spiro atoms. The fourth-order valence-corrected chi connectivity index (χ4v) is 1.69. The van der Waals surface area contributed by atoms with Gasteiger partial charge < -0.3 is 0 Å². The Morgan fingerprint density at radius 2 is 1.92 bits per heavy atom. The summed E-state index contributed by atoms with van der Waals surface area (Å²) < 4.78 is 0. The van der Waals surface area contributed by atoms with Crippen LogP contribution in [0.1, 0.15) is 0 Å². The number of alkyl halides is 1. The number of hydrogen-bond acceptors (Lipinski definition) is 1. The first-order valence-electron chi connectivity index (χ1n) is 3.82.